The summed E-state index contributed by atoms with van der Waals surface area (Å²) in [5.41, 5.74) is 0.289. The maximum Gasteiger partial charge on any atom is 0.264 e. The van der Waals surface area contributed by atoms with E-state index in [4.69, 9.17) is 0 Å². The second-order valence-electron chi connectivity index (χ2n) is 4.08. The normalized spacial score (nSPS) is 11.4. The van der Waals surface area contributed by atoms with Crippen molar-refractivity contribution >= 4 is 15.7 Å². The van der Waals surface area contributed by atoms with Gasteiger partial charge in [-0.25, -0.2) is 21.6 Å². The van der Waals surface area contributed by atoms with E-state index in [1.165, 1.54) is 24.5 Å². The molecule has 0 radical (unpaired) electrons. The average molecular weight is 316 g/mol. The summed E-state index contributed by atoms with van der Waals surface area (Å²) in [6.07, 6.45) is 2.78. The van der Waals surface area contributed by atoms with Crippen molar-refractivity contribution < 1.29 is 21.6 Å². The smallest absolute Gasteiger partial charge is 0.264 e. The summed E-state index contributed by atoms with van der Waals surface area (Å²) in [6, 6.07) is 3.80. The van der Waals surface area contributed by atoms with E-state index >= 15 is 0 Å². The van der Waals surface area contributed by atoms with E-state index < -0.39 is 32.4 Å². The minimum Gasteiger partial charge on any atom is -0.267 e. The predicted molar refractivity (Wildman–Crippen MR) is 70.8 cm³/mol. The number of hydrogen-bond donors (Lipinski definition) is 0. The Morgan fingerprint density at radius 3 is 2.10 bits per heavy atom. The van der Waals surface area contributed by atoms with Crippen LogP contribution in [-0.2, 0) is 10.0 Å². The number of rotatable bonds is 4. The Kier molecular flexibility index (Phi) is 4.17. The lowest BCUT2D eigenvalue weighted by atomic mass is 10.3. The number of benzene rings is 1. The van der Waals surface area contributed by atoms with Crippen LogP contribution in [-0.4, -0.2) is 19.9 Å². The zero-order valence-corrected chi connectivity index (χ0v) is 11.7. The molecule has 0 N–H and O–H groups in total. The Balaban J connectivity index is 2.55. The lowest BCUT2D eigenvalue weighted by molar-refractivity contribution is 0.442. The van der Waals surface area contributed by atoms with Gasteiger partial charge in [0.1, 0.15) is 0 Å². The largest absolute Gasteiger partial charge is 0.267 e. The highest BCUT2D eigenvalue weighted by Gasteiger charge is 2.26. The third-order valence-electron chi connectivity index (χ3n) is 2.78. The molecule has 4 nitrogen and oxygen atoms in total. The summed E-state index contributed by atoms with van der Waals surface area (Å²) < 4.78 is 65.2. The molecule has 2 aromatic rings. The Morgan fingerprint density at radius 2 is 1.62 bits per heavy atom. The predicted octanol–water partition coefficient (Wildman–Crippen LogP) is 2.71. The van der Waals surface area contributed by atoms with E-state index in [0.29, 0.717) is 12.1 Å². The van der Waals surface area contributed by atoms with Gasteiger partial charge in [0, 0.05) is 18.9 Å². The molecule has 0 aliphatic carbocycles. The summed E-state index contributed by atoms with van der Waals surface area (Å²) in [4.78, 5) is 3.11. The van der Waals surface area contributed by atoms with Crippen LogP contribution in [0.15, 0.2) is 41.6 Å². The number of sulfonamides is 1. The van der Waals surface area contributed by atoms with Crippen molar-refractivity contribution in [3.63, 3.8) is 0 Å². The first-order valence-electron chi connectivity index (χ1n) is 5.95. The average Bonchev–Trinajstić information content (AvgIpc) is 2.45. The fourth-order valence-electron chi connectivity index (χ4n) is 1.81. The van der Waals surface area contributed by atoms with Crippen molar-refractivity contribution in [1.29, 1.82) is 0 Å². The van der Waals surface area contributed by atoms with E-state index in [2.05, 4.69) is 4.98 Å². The SMILES string of the molecule is CCN(c1ccncc1)S(=O)(=O)c1cc(F)c(F)c(F)c1. The van der Waals surface area contributed by atoms with Gasteiger partial charge in [0.05, 0.1) is 10.6 Å². The fourth-order valence-corrected chi connectivity index (χ4v) is 3.31. The minimum absolute atomic E-state index is 0.0347. The molecule has 0 atom stereocenters. The van der Waals surface area contributed by atoms with E-state index in [9.17, 15) is 21.6 Å². The van der Waals surface area contributed by atoms with E-state index in [1.807, 2.05) is 0 Å². The van der Waals surface area contributed by atoms with Crippen molar-refractivity contribution in [2.24, 2.45) is 0 Å². The molecule has 0 amide bonds. The van der Waals surface area contributed by atoms with Crippen molar-refractivity contribution in [2.45, 2.75) is 11.8 Å². The molecule has 0 saturated carbocycles. The number of nitrogens with zero attached hydrogens (tertiary/aromatic N) is 2. The fraction of sp³-hybridized carbons (Fsp3) is 0.154. The van der Waals surface area contributed by atoms with Crippen LogP contribution in [0.1, 0.15) is 6.92 Å². The molecule has 0 unspecified atom stereocenters. The Morgan fingerprint density at radius 1 is 1.10 bits per heavy atom. The van der Waals surface area contributed by atoms with Crippen molar-refractivity contribution in [1.82, 2.24) is 4.98 Å². The molecule has 8 heteroatoms. The topological polar surface area (TPSA) is 50.3 Å². The molecule has 0 fully saturated rings. The van der Waals surface area contributed by atoms with Crippen molar-refractivity contribution in [3.05, 3.63) is 54.1 Å². The molecular weight excluding hydrogens is 305 g/mol. The van der Waals surface area contributed by atoms with E-state index in [1.54, 1.807) is 6.92 Å². The van der Waals surface area contributed by atoms with Crippen LogP contribution in [0.4, 0.5) is 18.9 Å². The second-order valence-corrected chi connectivity index (χ2v) is 5.94. The van der Waals surface area contributed by atoms with Crippen LogP contribution < -0.4 is 4.31 Å². The van der Waals surface area contributed by atoms with Crippen LogP contribution >= 0.6 is 0 Å². The molecule has 2 rings (SSSR count). The number of anilines is 1. The van der Waals surface area contributed by atoms with Gasteiger partial charge < -0.3 is 0 Å². The molecule has 1 aromatic heterocycles. The number of halogens is 3. The Hall–Kier alpha value is -2.09. The van der Waals surface area contributed by atoms with Gasteiger partial charge >= 0.3 is 0 Å². The van der Waals surface area contributed by atoms with Gasteiger partial charge in [-0.1, -0.05) is 0 Å². The standard InChI is InChI=1S/C13H11F3N2O2S/c1-2-18(9-3-5-17-6-4-9)21(19,20)10-7-11(14)13(16)12(15)8-10/h3-8H,2H2,1H3. The molecule has 21 heavy (non-hydrogen) atoms. The molecule has 112 valence electrons. The summed E-state index contributed by atoms with van der Waals surface area (Å²) >= 11 is 0. The number of aromatic nitrogens is 1. The van der Waals surface area contributed by atoms with Gasteiger partial charge in [-0.05, 0) is 31.2 Å². The molecule has 0 aliphatic heterocycles. The van der Waals surface area contributed by atoms with Gasteiger partial charge in [-0.3, -0.25) is 9.29 Å². The van der Waals surface area contributed by atoms with Gasteiger partial charge in [0.2, 0.25) is 0 Å². The van der Waals surface area contributed by atoms with Crippen LogP contribution in [0, 0.1) is 17.5 Å². The highest BCUT2D eigenvalue weighted by Crippen LogP contribution is 2.25. The number of pyridine rings is 1. The first kappa shape index (κ1) is 15.3. The zero-order valence-electron chi connectivity index (χ0n) is 10.9. The van der Waals surface area contributed by atoms with Crippen LogP contribution in [0.3, 0.4) is 0 Å². The molecular formula is C13H11F3N2O2S. The Labute approximate surface area is 119 Å². The highest BCUT2D eigenvalue weighted by molar-refractivity contribution is 7.92. The van der Waals surface area contributed by atoms with Crippen LogP contribution in [0.5, 0.6) is 0 Å². The van der Waals surface area contributed by atoms with E-state index in [-0.39, 0.29) is 12.2 Å². The van der Waals surface area contributed by atoms with Gasteiger partial charge in [0.15, 0.2) is 17.5 Å². The Bertz CT molecular complexity index is 728. The van der Waals surface area contributed by atoms with Gasteiger partial charge in [-0.2, -0.15) is 0 Å². The lowest BCUT2D eigenvalue weighted by Gasteiger charge is -2.22. The van der Waals surface area contributed by atoms with Gasteiger partial charge in [0.25, 0.3) is 10.0 Å². The molecule has 0 bridgehead atoms. The highest BCUT2D eigenvalue weighted by atomic mass is 32.2. The molecule has 0 spiro atoms. The van der Waals surface area contributed by atoms with Gasteiger partial charge in [-0.15, -0.1) is 0 Å². The summed E-state index contributed by atoms with van der Waals surface area (Å²) in [5, 5.41) is 0. The lowest BCUT2D eigenvalue weighted by Crippen LogP contribution is -2.31. The van der Waals surface area contributed by atoms with E-state index in [0.717, 1.165) is 4.31 Å². The molecule has 1 heterocycles. The minimum atomic E-state index is -4.21. The summed E-state index contributed by atoms with van der Waals surface area (Å²) in [5.74, 6) is -4.82. The van der Waals surface area contributed by atoms with Crippen LogP contribution in [0.2, 0.25) is 0 Å². The molecule has 1 aromatic carbocycles. The maximum absolute atomic E-state index is 13.2. The van der Waals surface area contributed by atoms with Crippen molar-refractivity contribution in [2.75, 3.05) is 10.8 Å². The van der Waals surface area contributed by atoms with Crippen molar-refractivity contribution in [3.8, 4) is 0 Å². The summed E-state index contributed by atoms with van der Waals surface area (Å²) in [7, 11) is -4.21. The van der Waals surface area contributed by atoms with Crippen LogP contribution in [0.25, 0.3) is 0 Å². The third kappa shape index (κ3) is 2.85. The maximum atomic E-state index is 13.2. The monoisotopic (exact) mass is 316 g/mol. The number of hydrogen-bond acceptors (Lipinski definition) is 3. The first-order valence-corrected chi connectivity index (χ1v) is 7.39. The first-order chi connectivity index (χ1) is 9.87. The summed E-state index contributed by atoms with van der Waals surface area (Å²) in [6.45, 7) is 1.60. The quantitative estimate of drug-likeness (QED) is 0.815. The molecule has 0 saturated heterocycles. The third-order valence-corrected chi connectivity index (χ3v) is 4.66. The molecule has 0 aliphatic rings. The second kappa shape index (κ2) is 5.72. The zero-order chi connectivity index (χ0) is 15.6.